The predicted molar refractivity (Wildman–Crippen MR) is 63.2 cm³/mol. The zero-order chi connectivity index (χ0) is 14.8. The number of aliphatic carboxylic acids is 1. The van der Waals surface area contributed by atoms with Crippen LogP contribution in [0.2, 0.25) is 0 Å². The molecule has 0 radical (unpaired) electrons. The molecule has 0 amide bonds. The van der Waals surface area contributed by atoms with Crippen molar-refractivity contribution in [3.63, 3.8) is 0 Å². The minimum atomic E-state index is -4.18. The average molecular weight is 286 g/mol. The molecule has 1 rings (SSSR count). The maximum Gasteiger partial charge on any atom is 0.321 e. The van der Waals surface area contributed by atoms with E-state index in [0.717, 1.165) is 25.2 Å². The molecule has 1 N–H and O–H groups in total. The first kappa shape index (κ1) is 15.1. The Bertz CT molecular complexity index is 651. The van der Waals surface area contributed by atoms with Gasteiger partial charge >= 0.3 is 5.97 Å². The Morgan fingerprint density at radius 1 is 1.53 bits per heavy atom. The summed E-state index contributed by atoms with van der Waals surface area (Å²) in [6, 6.07) is 2.89. The van der Waals surface area contributed by atoms with E-state index in [1.165, 1.54) is 6.92 Å². The van der Waals surface area contributed by atoms with Crippen molar-refractivity contribution in [3.05, 3.63) is 29.6 Å². The maximum absolute atomic E-state index is 13.0. The second-order valence-corrected chi connectivity index (χ2v) is 5.75. The highest BCUT2D eigenvalue weighted by Crippen LogP contribution is 2.21. The number of carboxylic acid groups (broad SMARTS) is 1. The largest absolute Gasteiger partial charge is 0.480 e. The van der Waals surface area contributed by atoms with Crippen LogP contribution in [0.3, 0.4) is 0 Å². The van der Waals surface area contributed by atoms with Gasteiger partial charge in [0.15, 0.2) is 0 Å². The molecule has 1 aromatic rings. The summed E-state index contributed by atoms with van der Waals surface area (Å²) < 4.78 is 37.9. The molecular weight excluding hydrogens is 275 g/mol. The van der Waals surface area contributed by atoms with Crippen LogP contribution in [0.5, 0.6) is 0 Å². The van der Waals surface area contributed by atoms with Gasteiger partial charge < -0.3 is 5.11 Å². The van der Waals surface area contributed by atoms with E-state index in [1.807, 2.05) is 0 Å². The Labute approximate surface area is 109 Å². The first-order valence-corrected chi connectivity index (χ1v) is 6.56. The number of hydrogen-bond donors (Lipinski definition) is 1. The molecule has 0 aliphatic carbocycles. The van der Waals surface area contributed by atoms with E-state index in [2.05, 4.69) is 0 Å². The molecule has 0 aliphatic heterocycles. The highest BCUT2D eigenvalue weighted by atomic mass is 32.2. The number of nitriles is 1. The molecule has 1 aromatic carbocycles. The Morgan fingerprint density at radius 3 is 2.58 bits per heavy atom. The van der Waals surface area contributed by atoms with Crippen molar-refractivity contribution < 1.29 is 22.7 Å². The fourth-order valence-electron chi connectivity index (χ4n) is 1.33. The van der Waals surface area contributed by atoms with E-state index in [1.54, 1.807) is 6.07 Å². The van der Waals surface area contributed by atoms with Crippen molar-refractivity contribution in [1.29, 1.82) is 5.26 Å². The van der Waals surface area contributed by atoms with Crippen LogP contribution in [-0.4, -0.2) is 36.9 Å². The molecule has 102 valence electrons. The summed E-state index contributed by atoms with van der Waals surface area (Å²) >= 11 is 0. The van der Waals surface area contributed by atoms with Gasteiger partial charge in [-0.3, -0.25) is 4.79 Å². The van der Waals surface area contributed by atoms with Crippen LogP contribution in [-0.2, 0) is 14.8 Å². The van der Waals surface area contributed by atoms with Crippen molar-refractivity contribution >= 4 is 16.0 Å². The molecule has 0 spiro atoms. The first-order valence-electron chi connectivity index (χ1n) is 5.12. The van der Waals surface area contributed by atoms with E-state index >= 15 is 0 Å². The topological polar surface area (TPSA) is 98.5 Å². The van der Waals surface area contributed by atoms with Gasteiger partial charge in [-0.1, -0.05) is 0 Å². The van der Waals surface area contributed by atoms with Gasteiger partial charge in [0.2, 0.25) is 10.0 Å². The Hall–Kier alpha value is -1.98. The number of rotatable bonds is 4. The third-order valence-electron chi connectivity index (χ3n) is 2.62. The summed E-state index contributed by atoms with van der Waals surface area (Å²) in [6.45, 7) is 1.19. The maximum atomic E-state index is 13.0. The van der Waals surface area contributed by atoms with Crippen molar-refractivity contribution in [2.24, 2.45) is 0 Å². The van der Waals surface area contributed by atoms with Crippen LogP contribution in [0.4, 0.5) is 4.39 Å². The zero-order valence-corrected chi connectivity index (χ0v) is 11.0. The van der Waals surface area contributed by atoms with Gasteiger partial charge in [0.1, 0.15) is 22.8 Å². The molecule has 0 fully saturated rings. The standard InChI is InChI=1S/C11H11FN2O4S/c1-7(11(15)16)14(2)19(17,18)10-4-3-9(12)5-8(10)6-13/h3-5,7H,1-2H3,(H,15,16). The Morgan fingerprint density at radius 2 is 2.11 bits per heavy atom. The van der Waals surface area contributed by atoms with Gasteiger partial charge in [0.05, 0.1) is 5.56 Å². The van der Waals surface area contributed by atoms with Gasteiger partial charge in [-0.05, 0) is 25.1 Å². The monoisotopic (exact) mass is 286 g/mol. The van der Waals surface area contributed by atoms with Gasteiger partial charge in [-0.25, -0.2) is 12.8 Å². The van der Waals surface area contributed by atoms with E-state index < -0.39 is 32.7 Å². The van der Waals surface area contributed by atoms with Crippen LogP contribution < -0.4 is 0 Å². The third kappa shape index (κ3) is 2.89. The molecule has 0 saturated carbocycles. The summed E-state index contributed by atoms with van der Waals surface area (Å²) in [4.78, 5) is 10.4. The van der Waals surface area contributed by atoms with Crippen LogP contribution in [0.1, 0.15) is 12.5 Å². The second kappa shape index (κ2) is 5.34. The van der Waals surface area contributed by atoms with E-state index in [4.69, 9.17) is 10.4 Å². The first-order chi connectivity index (χ1) is 8.71. The summed E-state index contributed by atoms with van der Waals surface area (Å²) in [5, 5.41) is 17.6. The van der Waals surface area contributed by atoms with E-state index in [-0.39, 0.29) is 5.56 Å². The molecular formula is C11H11FN2O4S. The lowest BCUT2D eigenvalue weighted by Crippen LogP contribution is -2.40. The van der Waals surface area contributed by atoms with Crippen molar-refractivity contribution in [1.82, 2.24) is 4.31 Å². The lowest BCUT2D eigenvalue weighted by Gasteiger charge is -2.21. The quantitative estimate of drug-likeness (QED) is 0.882. The second-order valence-electron chi connectivity index (χ2n) is 3.79. The average Bonchev–Trinajstić information content (AvgIpc) is 2.36. The summed E-state index contributed by atoms with van der Waals surface area (Å²) in [6.07, 6.45) is 0. The molecule has 1 atom stereocenters. The van der Waals surface area contributed by atoms with Crippen LogP contribution in [0.15, 0.2) is 23.1 Å². The van der Waals surface area contributed by atoms with Crippen molar-refractivity contribution in [3.8, 4) is 6.07 Å². The number of carbonyl (C=O) groups is 1. The molecule has 0 bridgehead atoms. The highest BCUT2D eigenvalue weighted by Gasteiger charge is 2.31. The molecule has 0 heterocycles. The number of halogens is 1. The molecule has 0 aliphatic rings. The summed E-state index contributed by atoms with van der Waals surface area (Å²) in [5.41, 5.74) is -0.371. The van der Waals surface area contributed by atoms with Gasteiger partial charge in [0, 0.05) is 7.05 Å². The summed E-state index contributed by atoms with van der Waals surface area (Å²) in [7, 11) is -3.10. The SMILES string of the molecule is CC(C(=O)O)N(C)S(=O)(=O)c1ccc(F)cc1C#N. The minimum absolute atomic E-state index is 0.371. The molecule has 0 aromatic heterocycles. The Kier molecular flexibility index (Phi) is 4.24. The lowest BCUT2D eigenvalue weighted by molar-refractivity contribution is -0.140. The lowest BCUT2D eigenvalue weighted by atomic mass is 10.2. The van der Waals surface area contributed by atoms with Crippen LogP contribution >= 0.6 is 0 Å². The van der Waals surface area contributed by atoms with Gasteiger partial charge in [-0.15, -0.1) is 0 Å². The number of nitrogens with zero attached hydrogens (tertiary/aromatic N) is 2. The summed E-state index contributed by atoms with van der Waals surface area (Å²) in [5.74, 6) is -2.07. The van der Waals surface area contributed by atoms with Gasteiger partial charge in [0.25, 0.3) is 0 Å². The normalized spacial score (nSPS) is 13.0. The highest BCUT2D eigenvalue weighted by molar-refractivity contribution is 7.89. The smallest absolute Gasteiger partial charge is 0.321 e. The van der Waals surface area contributed by atoms with E-state index in [0.29, 0.717) is 4.31 Å². The number of carboxylic acids is 1. The number of benzene rings is 1. The molecule has 1 unspecified atom stereocenters. The minimum Gasteiger partial charge on any atom is -0.480 e. The number of likely N-dealkylation sites (N-methyl/N-ethyl adjacent to an activating group) is 1. The third-order valence-corrected chi connectivity index (χ3v) is 4.61. The number of hydrogen-bond acceptors (Lipinski definition) is 4. The zero-order valence-electron chi connectivity index (χ0n) is 10.2. The van der Waals surface area contributed by atoms with Crippen molar-refractivity contribution in [2.45, 2.75) is 17.9 Å². The van der Waals surface area contributed by atoms with E-state index in [9.17, 15) is 17.6 Å². The molecule has 0 saturated heterocycles. The van der Waals surface area contributed by atoms with Gasteiger partial charge in [-0.2, -0.15) is 9.57 Å². The molecule has 19 heavy (non-hydrogen) atoms. The molecule has 6 nitrogen and oxygen atoms in total. The van der Waals surface area contributed by atoms with Crippen LogP contribution in [0.25, 0.3) is 0 Å². The fourth-order valence-corrected chi connectivity index (χ4v) is 2.77. The predicted octanol–water partition coefficient (Wildman–Crippen LogP) is 0.791. The Balaban J connectivity index is 3.37. The van der Waals surface area contributed by atoms with Crippen LogP contribution in [0, 0.1) is 17.1 Å². The molecule has 8 heteroatoms. The number of sulfonamides is 1. The van der Waals surface area contributed by atoms with Crippen molar-refractivity contribution in [2.75, 3.05) is 7.05 Å². The fraction of sp³-hybridized carbons (Fsp3) is 0.273.